The van der Waals surface area contributed by atoms with E-state index in [1.807, 2.05) is 30.3 Å². The molecule has 0 unspecified atom stereocenters. The van der Waals surface area contributed by atoms with Crippen molar-refractivity contribution in [1.29, 1.82) is 5.26 Å². The predicted molar refractivity (Wildman–Crippen MR) is 133 cm³/mol. The maximum Gasteiger partial charge on any atom is 0.341 e. The summed E-state index contributed by atoms with van der Waals surface area (Å²) >= 11 is 1.41. The van der Waals surface area contributed by atoms with E-state index in [1.54, 1.807) is 6.92 Å². The van der Waals surface area contributed by atoms with Crippen molar-refractivity contribution in [2.75, 3.05) is 11.9 Å². The number of rotatable bonds is 7. The summed E-state index contributed by atoms with van der Waals surface area (Å²) in [4.78, 5) is 26.7. The Morgan fingerprint density at radius 2 is 1.97 bits per heavy atom. The topological polar surface area (TPSA) is 79.2 Å². The summed E-state index contributed by atoms with van der Waals surface area (Å²) in [5, 5.41) is 13.7. The molecule has 33 heavy (non-hydrogen) atoms. The van der Waals surface area contributed by atoms with Crippen molar-refractivity contribution < 1.29 is 14.3 Å². The second-order valence-electron chi connectivity index (χ2n) is 10.3. The molecule has 0 aliphatic heterocycles. The molecular formula is C27H34N2O3S. The Labute approximate surface area is 201 Å². The summed E-state index contributed by atoms with van der Waals surface area (Å²) in [7, 11) is 0. The van der Waals surface area contributed by atoms with E-state index < -0.39 is 11.4 Å². The van der Waals surface area contributed by atoms with Gasteiger partial charge in [0.1, 0.15) is 5.00 Å². The molecule has 0 bridgehead atoms. The molecule has 2 aromatic rings. The van der Waals surface area contributed by atoms with Crippen LogP contribution < -0.4 is 5.32 Å². The van der Waals surface area contributed by atoms with Crippen molar-refractivity contribution in [2.24, 2.45) is 11.3 Å². The third kappa shape index (κ3) is 5.83. The first-order valence-corrected chi connectivity index (χ1v) is 12.5. The SMILES string of the molecule is CCOC(=O)c1c(NC(=O)C[C@@H](C)CC(C)(C)C)sc2c1CC[C@](C#N)(c1ccccc1)C2. The lowest BCUT2D eigenvalue weighted by Crippen LogP contribution is -2.31. The number of nitrogens with zero attached hydrogens (tertiary/aromatic N) is 1. The van der Waals surface area contributed by atoms with Crippen molar-refractivity contribution in [1.82, 2.24) is 0 Å². The van der Waals surface area contributed by atoms with Crippen molar-refractivity contribution >= 4 is 28.2 Å². The number of hydrogen-bond acceptors (Lipinski definition) is 5. The maximum absolute atomic E-state index is 12.9. The number of amides is 1. The van der Waals surface area contributed by atoms with Crippen LogP contribution >= 0.6 is 11.3 Å². The Morgan fingerprint density at radius 3 is 2.58 bits per heavy atom. The molecule has 0 saturated carbocycles. The molecule has 0 saturated heterocycles. The second-order valence-corrected chi connectivity index (χ2v) is 11.4. The smallest absolute Gasteiger partial charge is 0.341 e. The predicted octanol–water partition coefficient (Wildman–Crippen LogP) is 6.28. The van der Waals surface area contributed by atoms with Crippen LogP contribution in [0.2, 0.25) is 0 Å². The lowest BCUT2D eigenvalue weighted by Gasteiger charge is -2.31. The number of ether oxygens (including phenoxy) is 1. The first-order chi connectivity index (χ1) is 15.6. The number of esters is 1. The highest BCUT2D eigenvalue weighted by Crippen LogP contribution is 2.45. The van der Waals surface area contributed by atoms with Gasteiger partial charge in [0.2, 0.25) is 5.91 Å². The number of benzene rings is 1. The van der Waals surface area contributed by atoms with Gasteiger partial charge in [-0.25, -0.2) is 4.79 Å². The standard InChI is InChI=1S/C27H34N2O3S/c1-6-32-25(31)23-20-12-13-27(17-28,19-10-8-7-9-11-19)16-21(20)33-24(23)29-22(30)14-18(2)15-26(3,4)5/h7-11,18H,6,12-16H2,1-5H3,(H,29,30)/t18-,27+/m1/s1. The molecule has 176 valence electrons. The minimum Gasteiger partial charge on any atom is -0.462 e. The Morgan fingerprint density at radius 1 is 1.27 bits per heavy atom. The highest BCUT2D eigenvalue weighted by atomic mass is 32.1. The largest absolute Gasteiger partial charge is 0.462 e. The van der Waals surface area contributed by atoms with E-state index >= 15 is 0 Å². The molecule has 0 radical (unpaired) electrons. The van der Waals surface area contributed by atoms with Gasteiger partial charge >= 0.3 is 5.97 Å². The third-order valence-corrected chi connectivity index (χ3v) is 7.27. The number of anilines is 1. The van der Waals surface area contributed by atoms with Gasteiger partial charge < -0.3 is 10.1 Å². The normalized spacial score (nSPS) is 18.7. The van der Waals surface area contributed by atoms with Crippen LogP contribution in [0.25, 0.3) is 0 Å². The number of carbonyl (C=O) groups is 2. The molecule has 1 amide bonds. The average Bonchev–Trinajstić information content (AvgIpc) is 3.09. The number of fused-ring (bicyclic) bond motifs is 1. The van der Waals surface area contributed by atoms with Gasteiger partial charge in [0.15, 0.2) is 0 Å². The highest BCUT2D eigenvalue weighted by molar-refractivity contribution is 7.17. The Hall–Kier alpha value is -2.65. The summed E-state index contributed by atoms with van der Waals surface area (Å²) in [6.45, 7) is 10.6. The fourth-order valence-corrected chi connectivity index (χ4v) is 6.27. The van der Waals surface area contributed by atoms with Gasteiger partial charge in [-0.2, -0.15) is 5.26 Å². The average molecular weight is 467 g/mol. The Balaban J connectivity index is 1.90. The highest BCUT2D eigenvalue weighted by Gasteiger charge is 2.40. The number of carbonyl (C=O) groups excluding carboxylic acids is 2. The van der Waals surface area contributed by atoms with Crippen molar-refractivity contribution in [3.05, 3.63) is 51.9 Å². The summed E-state index contributed by atoms with van der Waals surface area (Å²) < 4.78 is 5.34. The molecule has 1 aromatic heterocycles. The molecule has 5 nitrogen and oxygen atoms in total. The quantitative estimate of drug-likeness (QED) is 0.487. The summed E-state index contributed by atoms with van der Waals surface area (Å²) in [6, 6.07) is 12.4. The van der Waals surface area contributed by atoms with Gasteiger partial charge in [0.25, 0.3) is 0 Å². The first-order valence-electron chi connectivity index (χ1n) is 11.7. The van der Waals surface area contributed by atoms with Crippen LogP contribution in [-0.2, 0) is 27.8 Å². The van der Waals surface area contributed by atoms with Gasteiger partial charge in [-0.3, -0.25) is 4.79 Å². The van der Waals surface area contributed by atoms with E-state index in [2.05, 4.69) is 39.1 Å². The number of thiophene rings is 1. The van der Waals surface area contributed by atoms with Crippen LogP contribution in [0.4, 0.5) is 5.00 Å². The lowest BCUT2D eigenvalue weighted by atomic mass is 9.70. The monoisotopic (exact) mass is 466 g/mol. The molecular weight excluding hydrogens is 432 g/mol. The molecule has 1 aliphatic carbocycles. The van der Waals surface area contributed by atoms with E-state index in [-0.39, 0.29) is 23.8 Å². The zero-order chi connectivity index (χ0) is 24.2. The van der Waals surface area contributed by atoms with Gasteiger partial charge in [-0.05, 0) is 48.6 Å². The summed E-state index contributed by atoms with van der Waals surface area (Å²) in [5.74, 6) is -0.266. The Kier molecular flexibility index (Phi) is 7.64. The van der Waals surface area contributed by atoms with Crippen LogP contribution in [-0.4, -0.2) is 18.5 Å². The number of nitriles is 1. The molecule has 1 heterocycles. The maximum atomic E-state index is 12.9. The van der Waals surface area contributed by atoms with Crippen LogP contribution in [0.15, 0.2) is 30.3 Å². The minimum atomic E-state index is -0.631. The van der Waals surface area contributed by atoms with Gasteiger partial charge in [0.05, 0.1) is 23.7 Å². The fourth-order valence-electron chi connectivity index (χ4n) is 4.90. The molecule has 2 atom stereocenters. The van der Waals surface area contributed by atoms with Crippen molar-refractivity contribution in [3.8, 4) is 6.07 Å². The molecule has 3 rings (SSSR count). The van der Waals surface area contributed by atoms with E-state index in [0.717, 1.165) is 22.4 Å². The molecule has 6 heteroatoms. The zero-order valence-corrected chi connectivity index (χ0v) is 21.1. The van der Waals surface area contributed by atoms with E-state index in [9.17, 15) is 14.9 Å². The Bertz CT molecular complexity index is 1050. The number of hydrogen-bond donors (Lipinski definition) is 1. The van der Waals surface area contributed by atoms with Crippen molar-refractivity contribution in [3.63, 3.8) is 0 Å². The van der Waals surface area contributed by atoms with E-state index in [4.69, 9.17) is 4.74 Å². The molecule has 1 aromatic carbocycles. The van der Waals surface area contributed by atoms with E-state index in [0.29, 0.717) is 36.2 Å². The van der Waals surface area contributed by atoms with Crippen LogP contribution in [0.1, 0.15) is 80.2 Å². The van der Waals surface area contributed by atoms with Gasteiger partial charge in [-0.1, -0.05) is 58.0 Å². The first kappa shape index (κ1) is 25.0. The molecule has 0 spiro atoms. The minimum absolute atomic E-state index is 0.0921. The molecule has 1 N–H and O–H groups in total. The summed E-state index contributed by atoms with van der Waals surface area (Å²) in [6.07, 6.45) is 3.08. The fraction of sp³-hybridized carbons (Fsp3) is 0.519. The molecule has 1 aliphatic rings. The number of nitrogens with one attached hydrogen (secondary N) is 1. The molecule has 0 fully saturated rings. The van der Waals surface area contributed by atoms with Crippen LogP contribution in [0.3, 0.4) is 0 Å². The summed E-state index contributed by atoms with van der Waals surface area (Å²) in [5.41, 5.74) is 1.89. The zero-order valence-electron chi connectivity index (χ0n) is 20.3. The van der Waals surface area contributed by atoms with Crippen molar-refractivity contribution in [2.45, 2.75) is 72.1 Å². The van der Waals surface area contributed by atoms with Crippen LogP contribution in [0, 0.1) is 22.7 Å². The lowest BCUT2D eigenvalue weighted by molar-refractivity contribution is -0.117. The van der Waals surface area contributed by atoms with Gasteiger partial charge in [0, 0.05) is 17.7 Å². The van der Waals surface area contributed by atoms with Crippen LogP contribution in [0.5, 0.6) is 0 Å². The second kappa shape index (κ2) is 10.1. The van der Waals surface area contributed by atoms with E-state index in [1.165, 1.54) is 11.3 Å². The van der Waals surface area contributed by atoms with Gasteiger partial charge in [-0.15, -0.1) is 11.3 Å². The third-order valence-electron chi connectivity index (χ3n) is 6.12.